The maximum absolute atomic E-state index is 12.7. The van der Waals surface area contributed by atoms with Crippen LogP contribution in [0.4, 0.5) is 0 Å². The normalized spacial score (nSPS) is 15.9. The fraction of sp³-hybridized carbons (Fsp3) is 0.759. The minimum Gasteiger partial charge on any atom is -0.496 e. The topological polar surface area (TPSA) is 123 Å². The Morgan fingerprint density at radius 2 is 1.78 bits per heavy atom. The van der Waals surface area contributed by atoms with Gasteiger partial charge in [0, 0.05) is 25.6 Å². The van der Waals surface area contributed by atoms with E-state index < -0.39 is 18.2 Å². The van der Waals surface area contributed by atoms with Gasteiger partial charge >= 0.3 is 0 Å². The molecule has 1 amide bonds. The Kier molecular flexibility index (Phi) is 16.0. The second-order valence-electron chi connectivity index (χ2n) is 10.7. The molecule has 5 N–H and O–H groups in total. The van der Waals surface area contributed by atoms with Crippen LogP contribution in [0.15, 0.2) is 18.2 Å². The summed E-state index contributed by atoms with van der Waals surface area (Å²) < 4.78 is 15.9. The summed E-state index contributed by atoms with van der Waals surface area (Å²) in [5.41, 5.74) is 8.19. The van der Waals surface area contributed by atoms with Gasteiger partial charge in [-0.25, -0.2) is 0 Å². The molecule has 1 aromatic rings. The first-order valence-corrected chi connectivity index (χ1v) is 13.7. The molecule has 0 radical (unpaired) electrons. The van der Waals surface area contributed by atoms with Crippen molar-refractivity contribution in [2.24, 2.45) is 29.4 Å². The molecule has 1 rings (SSSR count). The van der Waals surface area contributed by atoms with Crippen molar-refractivity contribution in [1.82, 2.24) is 5.32 Å². The molecular weight excluding hydrogens is 472 g/mol. The SMILES string of the molecule is CCCCNC(=O)[C@@H](C[C@H](O)[C@@H](N)C[C@@H](C(C)C)C(O)c1ccc(OC)c(CCOCOC)c1)C(C)C. The lowest BCUT2D eigenvalue weighted by atomic mass is 9.79. The van der Waals surface area contributed by atoms with Gasteiger partial charge < -0.3 is 35.5 Å². The fourth-order valence-corrected chi connectivity index (χ4v) is 4.62. The van der Waals surface area contributed by atoms with Gasteiger partial charge in [-0.3, -0.25) is 4.79 Å². The maximum Gasteiger partial charge on any atom is 0.223 e. The maximum atomic E-state index is 12.7. The van der Waals surface area contributed by atoms with Crippen LogP contribution < -0.4 is 15.8 Å². The number of unbranched alkanes of at least 4 members (excludes halogenated alkanes) is 1. The van der Waals surface area contributed by atoms with E-state index >= 15 is 0 Å². The van der Waals surface area contributed by atoms with Crippen molar-refractivity contribution in [2.75, 3.05) is 34.2 Å². The summed E-state index contributed by atoms with van der Waals surface area (Å²) in [4.78, 5) is 12.7. The standard InChI is InChI=1S/C29H52N2O6/c1-8-9-13-31-29(34)24(20(4)5)17-26(32)25(30)16-23(19(2)3)28(33)22-10-11-27(36-7)21(15-22)12-14-37-18-35-6/h10-11,15,19-20,23-26,28,32-33H,8-9,12-14,16-18,30H2,1-7H3,(H,31,34)/t23-,24-,25-,26-,28?/m0/s1. The van der Waals surface area contributed by atoms with Crippen LogP contribution in [0.25, 0.3) is 0 Å². The summed E-state index contributed by atoms with van der Waals surface area (Å²) >= 11 is 0. The van der Waals surface area contributed by atoms with Gasteiger partial charge in [0.25, 0.3) is 0 Å². The number of nitrogens with two attached hydrogens (primary N) is 1. The van der Waals surface area contributed by atoms with E-state index in [4.69, 9.17) is 19.9 Å². The number of carbonyl (C=O) groups is 1. The van der Waals surface area contributed by atoms with Crippen molar-refractivity contribution in [3.8, 4) is 5.75 Å². The summed E-state index contributed by atoms with van der Waals surface area (Å²) in [7, 11) is 3.20. The molecule has 1 aromatic carbocycles. The van der Waals surface area contributed by atoms with Gasteiger partial charge in [-0.05, 0) is 66.7 Å². The molecule has 37 heavy (non-hydrogen) atoms. The highest BCUT2D eigenvalue weighted by Gasteiger charge is 2.32. The van der Waals surface area contributed by atoms with Crippen molar-refractivity contribution in [3.63, 3.8) is 0 Å². The van der Waals surface area contributed by atoms with Crippen molar-refractivity contribution < 1.29 is 29.2 Å². The lowest BCUT2D eigenvalue weighted by Gasteiger charge is -2.32. The van der Waals surface area contributed by atoms with Crippen LogP contribution >= 0.6 is 0 Å². The number of rotatable bonds is 19. The van der Waals surface area contributed by atoms with Crippen LogP contribution in [0, 0.1) is 23.7 Å². The van der Waals surface area contributed by atoms with E-state index in [1.54, 1.807) is 14.2 Å². The number of carbonyl (C=O) groups excluding carboxylic acids is 1. The van der Waals surface area contributed by atoms with E-state index in [1.807, 2.05) is 45.9 Å². The Bertz CT molecular complexity index is 773. The van der Waals surface area contributed by atoms with Gasteiger partial charge in [0.2, 0.25) is 5.91 Å². The van der Waals surface area contributed by atoms with E-state index in [2.05, 4.69) is 12.2 Å². The molecule has 0 aliphatic rings. The largest absolute Gasteiger partial charge is 0.496 e. The molecule has 0 aliphatic heterocycles. The average molecular weight is 525 g/mol. The number of aliphatic hydroxyl groups is 2. The molecule has 0 fully saturated rings. The third-order valence-electron chi connectivity index (χ3n) is 7.13. The van der Waals surface area contributed by atoms with Gasteiger partial charge in [0.05, 0.1) is 25.9 Å². The monoisotopic (exact) mass is 524 g/mol. The summed E-state index contributed by atoms with van der Waals surface area (Å²) in [6.45, 7) is 11.5. The Balaban J connectivity index is 2.93. The number of aliphatic hydroxyl groups excluding tert-OH is 2. The molecule has 0 aliphatic carbocycles. The Morgan fingerprint density at radius 1 is 1.08 bits per heavy atom. The fourth-order valence-electron chi connectivity index (χ4n) is 4.62. The van der Waals surface area contributed by atoms with Gasteiger partial charge in [-0.2, -0.15) is 0 Å². The number of hydrogen-bond acceptors (Lipinski definition) is 7. The van der Waals surface area contributed by atoms with E-state index in [9.17, 15) is 15.0 Å². The van der Waals surface area contributed by atoms with Crippen molar-refractivity contribution in [3.05, 3.63) is 29.3 Å². The molecule has 0 saturated carbocycles. The van der Waals surface area contributed by atoms with E-state index in [0.717, 1.165) is 29.7 Å². The van der Waals surface area contributed by atoms with E-state index in [1.165, 1.54) is 0 Å². The minimum atomic E-state index is -0.845. The van der Waals surface area contributed by atoms with Gasteiger partial charge in [-0.1, -0.05) is 47.1 Å². The molecule has 0 spiro atoms. The van der Waals surface area contributed by atoms with Crippen LogP contribution in [0.1, 0.15) is 77.5 Å². The van der Waals surface area contributed by atoms with Gasteiger partial charge in [0.1, 0.15) is 12.5 Å². The van der Waals surface area contributed by atoms with Gasteiger partial charge in [0.15, 0.2) is 0 Å². The predicted octanol–water partition coefficient (Wildman–Crippen LogP) is 3.82. The Morgan fingerprint density at radius 3 is 2.35 bits per heavy atom. The second-order valence-corrected chi connectivity index (χ2v) is 10.7. The van der Waals surface area contributed by atoms with Crippen molar-refractivity contribution >= 4 is 5.91 Å². The molecule has 1 unspecified atom stereocenters. The molecule has 8 nitrogen and oxygen atoms in total. The minimum absolute atomic E-state index is 0.0321. The third-order valence-corrected chi connectivity index (χ3v) is 7.13. The first-order valence-electron chi connectivity index (χ1n) is 13.7. The Hall–Kier alpha value is -1.71. The highest BCUT2D eigenvalue weighted by atomic mass is 16.7. The smallest absolute Gasteiger partial charge is 0.223 e. The highest BCUT2D eigenvalue weighted by Crippen LogP contribution is 2.35. The molecule has 214 valence electrons. The zero-order chi connectivity index (χ0) is 28.0. The first-order chi connectivity index (χ1) is 17.6. The number of ether oxygens (including phenoxy) is 3. The zero-order valence-electron chi connectivity index (χ0n) is 24.0. The van der Waals surface area contributed by atoms with Crippen LogP contribution in [0.2, 0.25) is 0 Å². The van der Waals surface area contributed by atoms with Crippen LogP contribution in [-0.2, 0) is 20.7 Å². The molecule has 0 saturated heterocycles. The molecule has 0 heterocycles. The van der Waals surface area contributed by atoms with E-state index in [0.29, 0.717) is 32.4 Å². The summed E-state index contributed by atoms with van der Waals surface area (Å²) in [5, 5.41) is 25.3. The number of benzene rings is 1. The van der Waals surface area contributed by atoms with Crippen molar-refractivity contribution in [1.29, 1.82) is 0 Å². The van der Waals surface area contributed by atoms with Crippen molar-refractivity contribution in [2.45, 2.75) is 85.0 Å². The summed E-state index contributed by atoms with van der Waals surface area (Å²) in [5.74, 6) is 0.427. The van der Waals surface area contributed by atoms with E-state index in [-0.39, 0.29) is 36.4 Å². The number of methoxy groups -OCH3 is 2. The average Bonchev–Trinajstić information content (AvgIpc) is 2.87. The predicted molar refractivity (Wildman–Crippen MR) is 147 cm³/mol. The molecule has 0 aromatic heterocycles. The first kappa shape index (κ1) is 33.3. The Labute approximate surface area is 224 Å². The zero-order valence-corrected chi connectivity index (χ0v) is 24.0. The second kappa shape index (κ2) is 17.7. The number of hydrogen-bond donors (Lipinski definition) is 4. The number of nitrogens with one attached hydrogen (secondary N) is 1. The summed E-state index contributed by atoms with van der Waals surface area (Å²) in [6, 6.07) is 5.12. The highest BCUT2D eigenvalue weighted by molar-refractivity contribution is 5.78. The van der Waals surface area contributed by atoms with Gasteiger partial charge in [-0.15, -0.1) is 0 Å². The third kappa shape index (κ3) is 11.3. The van der Waals surface area contributed by atoms with Crippen LogP contribution in [0.5, 0.6) is 5.75 Å². The van der Waals surface area contributed by atoms with Crippen LogP contribution in [0.3, 0.4) is 0 Å². The molecular formula is C29H52N2O6. The summed E-state index contributed by atoms with van der Waals surface area (Å²) in [6.07, 6.45) is 1.68. The number of amides is 1. The lowest BCUT2D eigenvalue weighted by Crippen LogP contribution is -2.43. The van der Waals surface area contributed by atoms with Crippen LogP contribution in [-0.4, -0.2) is 62.4 Å². The lowest BCUT2D eigenvalue weighted by molar-refractivity contribution is -0.127. The molecule has 0 bridgehead atoms. The molecule has 5 atom stereocenters. The molecule has 8 heteroatoms. The quantitative estimate of drug-likeness (QED) is 0.160.